The first-order valence-corrected chi connectivity index (χ1v) is 5.95. The Kier molecular flexibility index (Phi) is 5.17. The number of hydrogen-bond acceptors (Lipinski definition) is 2. The van der Waals surface area contributed by atoms with Crippen LogP contribution in [0.5, 0.6) is 5.75 Å². The minimum absolute atomic E-state index is 0.0547. The fourth-order valence-electron chi connectivity index (χ4n) is 1.89. The molecule has 0 aliphatic heterocycles. The van der Waals surface area contributed by atoms with Crippen molar-refractivity contribution in [2.75, 3.05) is 6.54 Å². The lowest BCUT2D eigenvalue weighted by Crippen LogP contribution is -2.26. The van der Waals surface area contributed by atoms with Crippen LogP contribution in [0.25, 0.3) is 0 Å². The van der Waals surface area contributed by atoms with E-state index in [-0.39, 0.29) is 18.0 Å². The fourth-order valence-corrected chi connectivity index (χ4v) is 1.89. The SMILES string of the molecule is CC(C)C(CN)C(F)c1ccccc1OC(F)(F)F. The first-order valence-electron chi connectivity index (χ1n) is 5.95. The van der Waals surface area contributed by atoms with Gasteiger partial charge in [0.25, 0.3) is 0 Å². The summed E-state index contributed by atoms with van der Waals surface area (Å²) in [6.07, 6.45) is -6.44. The maximum atomic E-state index is 14.4. The van der Waals surface area contributed by atoms with Crippen molar-refractivity contribution >= 4 is 0 Å². The number of benzene rings is 1. The van der Waals surface area contributed by atoms with Gasteiger partial charge in [0.15, 0.2) is 0 Å². The Morgan fingerprint density at radius 2 is 1.79 bits per heavy atom. The molecule has 2 N–H and O–H groups in total. The average Bonchev–Trinajstić information content (AvgIpc) is 2.27. The van der Waals surface area contributed by atoms with Gasteiger partial charge >= 0.3 is 6.36 Å². The molecule has 0 aromatic heterocycles. The second-order valence-corrected chi connectivity index (χ2v) is 4.63. The number of halogens is 4. The molecule has 0 amide bonds. The van der Waals surface area contributed by atoms with Gasteiger partial charge in [-0.05, 0) is 18.5 Å². The summed E-state index contributed by atoms with van der Waals surface area (Å²) < 4.78 is 55.0. The van der Waals surface area contributed by atoms with E-state index in [1.807, 2.05) is 0 Å². The van der Waals surface area contributed by atoms with Crippen LogP contribution in [0, 0.1) is 11.8 Å². The quantitative estimate of drug-likeness (QED) is 0.831. The standard InChI is InChI=1S/C13H17F4NO/c1-8(2)10(7-18)12(14)9-5-3-4-6-11(9)19-13(15,16)17/h3-6,8,10,12H,7,18H2,1-2H3. The Hall–Kier alpha value is -1.30. The van der Waals surface area contributed by atoms with Crippen LogP contribution >= 0.6 is 0 Å². The molecule has 0 aliphatic carbocycles. The fraction of sp³-hybridized carbons (Fsp3) is 0.538. The molecule has 2 nitrogen and oxygen atoms in total. The predicted octanol–water partition coefficient (Wildman–Crippen LogP) is 3.83. The van der Waals surface area contributed by atoms with Crippen molar-refractivity contribution in [2.45, 2.75) is 26.4 Å². The monoisotopic (exact) mass is 279 g/mol. The van der Waals surface area contributed by atoms with Gasteiger partial charge in [-0.25, -0.2) is 4.39 Å². The van der Waals surface area contributed by atoms with Crippen molar-refractivity contribution in [3.8, 4) is 5.75 Å². The van der Waals surface area contributed by atoms with Gasteiger partial charge in [-0.2, -0.15) is 0 Å². The number of nitrogens with two attached hydrogens (primary N) is 1. The number of para-hydroxylation sites is 1. The molecule has 0 fully saturated rings. The van der Waals surface area contributed by atoms with Crippen LogP contribution in [0.15, 0.2) is 24.3 Å². The summed E-state index contributed by atoms with van der Waals surface area (Å²) in [4.78, 5) is 0. The molecule has 0 saturated heterocycles. The minimum Gasteiger partial charge on any atom is -0.405 e. The topological polar surface area (TPSA) is 35.2 Å². The van der Waals surface area contributed by atoms with Gasteiger partial charge in [-0.1, -0.05) is 32.0 Å². The number of hydrogen-bond donors (Lipinski definition) is 1. The predicted molar refractivity (Wildman–Crippen MR) is 64.4 cm³/mol. The third-order valence-corrected chi connectivity index (χ3v) is 2.95. The molecule has 0 saturated carbocycles. The average molecular weight is 279 g/mol. The molecule has 19 heavy (non-hydrogen) atoms. The van der Waals surface area contributed by atoms with Crippen LogP contribution in [0.1, 0.15) is 25.6 Å². The molecule has 6 heteroatoms. The maximum absolute atomic E-state index is 14.4. The van der Waals surface area contributed by atoms with Crippen LogP contribution in [-0.4, -0.2) is 12.9 Å². The van der Waals surface area contributed by atoms with Crippen LogP contribution in [0.2, 0.25) is 0 Å². The van der Waals surface area contributed by atoms with Crippen molar-refractivity contribution in [3.63, 3.8) is 0 Å². The number of alkyl halides is 4. The van der Waals surface area contributed by atoms with Gasteiger partial charge in [-0.3, -0.25) is 0 Å². The van der Waals surface area contributed by atoms with Crippen molar-refractivity contribution in [3.05, 3.63) is 29.8 Å². The lowest BCUT2D eigenvalue weighted by molar-refractivity contribution is -0.275. The molecular formula is C13H17F4NO. The van der Waals surface area contributed by atoms with Gasteiger partial charge < -0.3 is 10.5 Å². The van der Waals surface area contributed by atoms with Gasteiger partial charge in [-0.15, -0.1) is 13.2 Å². The zero-order valence-corrected chi connectivity index (χ0v) is 10.7. The zero-order chi connectivity index (χ0) is 14.6. The second-order valence-electron chi connectivity index (χ2n) is 4.63. The summed E-state index contributed by atoms with van der Waals surface area (Å²) in [5, 5.41) is 0. The highest BCUT2D eigenvalue weighted by atomic mass is 19.4. The van der Waals surface area contributed by atoms with Crippen LogP contribution in [0.3, 0.4) is 0 Å². The highest BCUT2D eigenvalue weighted by Gasteiger charge is 2.34. The van der Waals surface area contributed by atoms with Gasteiger partial charge in [0, 0.05) is 11.5 Å². The largest absolute Gasteiger partial charge is 0.573 e. The van der Waals surface area contributed by atoms with E-state index >= 15 is 0 Å². The minimum atomic E-state index is -4.84. The van der Waals surface area contributed by atoms with E-state index in [4.69, 9.17) is 5.73 Å². The van der Waals surface area contributed by atoms with Gasteiger partial charge in [0.2, 0.25) is 0 Å². The Morgan fingerprint density at radius 3 is 2.26 bits per heavy atom. The van der Waals surface area contributed by atoms with Crippen molar-refractivity contribution in [2.24, 2.45) is 17.6 Å². The summed E-state index contributed by atoms with van der Waals surface area (Å²) >= 11 is 0. The summed E-state index contributed by atoms with van der Waals surface area (Å²) in [5.41, 5.74) is 5.36. The number of ether oxygens (including phenoxy) is 1. The second kappa shape index (κ2) is 6.23. The van der Waals surface area contributed by atoms with Crippen LogP contribution in [0.4, 0.5) is 17.6 Å². The highest BCUT2D eigenvalue weighted by Crippen LogP contribution is 2.37. The molecule has 0 radical (unpaired) electrons. The Bertz CT molecular complexity index is 406. The first-order chi connectivity index (χ1) is 8.76. The molecule has 1 aromatic carbocycles. The summed E-state index contributed by atoms with van der Waals surface area (Å²) in [5.74, 6) is -1.15. The van der Waals surface area contributed by atoms with Crippen molar-refractivity contribution < 1.29 is 22.3 Å². The van der Waals surface area contributed by atoms with E-state index in [0.717, 1.165) is 6.07 Å². The molecule has 0 aliphatic rings. The molecule has 1 aromatic rings. The first kappa shape index (κ1) is 15.8. The van der Waals surface area contributed by atoms with E-state index in [0.29, 0.717) is 0 Å². The zero-order valence-electron chi connectivity index (χ0n) is 10.7. The number of rotatable bonds is 5. The molecular weight excluding hydrogens is 262 g/mol. The molecule has 0 spiro atoms. The molecule has 0 heterocycles. The van der Waals surface area contributed by atoms with Crippen LogP contribution in [-0.2, 0) is 0 Å². The molecule has 1 rings (SSSR count). The van der Waals surface area contributed by atoms with E-state index < -0.39 is 24.2 Å². The smallest absolute Gasteiger partial charge is 0.405 e. The van der Waals surface area contributed by atoms with Gasteiger partial charge in [0.05, 0.1) is 0 Å². The Morgan fingerprint density at radius 1 is 1.21 bits per heavy atom. The summed E-state index contributed by atoms with van der Waals surface area (Å²) in [6, 6.07) is 5.23. The van der Waals surface area contributed by atoms with Crippen LogP contribution < -0.4 is 10.5 Å². The highest BCUT2D eigenvalue weighted by molar-refractivity contribution is 5.35. The van der Waals surface area contributed by atoms with E-state index in [9.17, 15) is 17.6 Å². The molecule has 0 bridgehead atoms. The lowest BCUT2D eigenvalue weighted by Gasteiger charge is -2.25. The van der Waals surface area contributed by atoms with Crippen molar-refractivity contribution in [1.29, 1.82) is 0 Å². The Balaban J connectivity index is 3.05. The normalized spacial score (nSPS) is 15.4. The molecule has 108 valence electrons. The third kappa shape index (κ3) is 4.38. The van der Waals surface area contributed by atoms with E-state index in [1.54, 1.807) is 13.8 Å². The lowest BCUT2D eigenvalue weighted by atomic mass is 9.87. The summed E-state index contributed by atoms with van der Waals surface area (Å²) in [6.45, 7) is 3.61. The van der Waals surface area contributed by atoms with Crippen molar-refractivity contribution in [1.82, 2.24) is 0 Å². The molecule has 2 atom stereocenters. The summed E-state index contributed by atoms with van der Waals surface area (Å²) in [7, 11) is 0. The van der Waals surface area contributed by atoms with Gasteiger partial charge in [0.1, 0.15) is 11.9 Å². The molecule has 2 unspecified atom stereocenters. The van der Waals surface area contributed by atoms with E-state index in [1.165, 1.54) is 18.2 Å². The third-order valence-electron chi connectivity index (χ3n) is 2.95. The van der Waals surface area contributed by atoms with E-state index in [2.05, 4.69) is 4.74 Å². The Labute approximate surface area is 109 Å². The maximum Gasteiger partial charge on any atom is 0.573 e.